The summed E-state index contributed by atoms with van der Waals surface area (Å²) in [5.41, 5.74) is 1.28. The predicted octanol–water partition coefficient (Wildman–Crippen LogP) is 3.79. The van der Waals surface area contributed by atoms with Gasteiger partial charge in [-0.25, -0.2) is 0 Å². The monoisotopic (exact) mass is 390 g/mol. The van der Waals surface area contributed by atoms with Gasteiger partial charge in [-0.3, -0.25) is 4.90 Å². The Balaban J connectivity index is 1.29. The van der Waals surface area contributed by atoms with Crippen LogP contribution in [0.1, 0.15) is 18.4 Å². The molecule has 1 saturated carbocycles. The summed E-state index contributed by atoms with van der Waals surface area (Å²) in [5.74, 6) is 3.68. The molecule has 1 heterocycles. The van der Waals surface area contributed by atoms with E-state index in [1.54, 1.807) is 7.11 Å². The molecule has 3 nitrogen and oxygen atoms in total. The van der Waals surface area contributed by atoms with Crippen LogP contribution in [0.15, 0.2) is 34.8 Å². The topological polar surface area (TPSA) is 15.7 Å². The zero-order chi connectivity index (χ0) is 16.5. The Hall–Kier alpha value is -0.840. The first-order chi connectivity index (χ1) is 11.7. The van der Waals surface area contributed by atoms with Crippen molar-refractivity contribution in [2.24, 2.45) is 17.8 Å². The molecule has 3 aliphatic rings. The van der Waals surface area contributed by atoms with Crippen LogP contribution in [0.25, 0.3) is 0 Å². The van der Waals surface area contributed by atoms with Gasteiger partial charge in [0.05, 0.1) is 7.11 Å². The van der Waals surface area contributed by atoms with E-state index in [-0.39, 0.29) is 0 Å². The van der Waals surface area contributed by atoms with E-state index < -0.39 is 0 Å². The van der Waals surface area contributed by atoms with Crippen molar-refractivity contribution in [2.45, 2.75) is 19.4 Å². The molecule has 1 aliphatic heterocycles. The van der Waals surface area contributed by atoms with E-state index in [1.807, 2.05) is 6.07 Å². The molecule has 0 spiro atoms. The van der Waals surface area contributed by atoms with E-state index in [1.165, 1.54) is 38.0 Å². The van der Waals surface area contributed by atoms with Crippen molar-refractivity contribution in [3.8, 4) is 5.75 Å². The van der Waals surface area contributed by atoms with Crippen LogP contribution in [0.5, 0.6) is 5.75 Å². The minimum absolute atomic E-state index is 0.874. The lowest BCUT2D eigenvalue weighted by Gasteiger charge is -2.37. The van der Waals surface area contributed by atoms with Crippen LogP contribution in [-0.4, -0.2) is 49.6 Å². The van der Waals surface area contributed by atoms with Crippen molar-refractivity contribution in [1.82, 2.24) is 9.80 Å². The number of fused-ring (bicyclic) bond motifs is 2. The van der Waals surface area contributed by atoms with Crippen LogP contribution in [0.2, 0.25) is 0 Å². The zero-order valence-corrected chi connectivity index (χ0v) is 16.0. The molecule has 0 amide bonds. The molecule has 0 N–H and O–H groups in total. The molecule has 4 rings (SSSR count). The molecule has 130 valence electrons. The van der Waals surface area contributed by atoms with Gasteiger partial charge >= 0.3 is 0 Å². The fourth-order valence-corrected chi connectivity index (χ4v) is 5.09. The smallest absolute Gasteiger partial charge is 0.123 e. The first kappa shape index (κ1) is 16.6. The summed E-state index contributed by atoms with van der Waals surface area (Å²) in [6.45, 7) is 7.01. The quantitative estimate of drug-likeness (QED) is 0.711. The minimum atomic E-state index is 0.874. The molecular weight excluding hydrogens is 364 g/mol. The van der Waals surface area contributed by atoms with Crippen LogP contribution in [0, 0.1) is 17.8 Å². The maximum atomic E-state index is 5.52. The average Bonchev–Trinajstić information content (AvgIpc) is 3.20. The highest BCUT2D eigenvalue weighted by atomic mass is 79.9. The third-order valence-corrected chi connectivity index (χ3v) is 6.50. The summed E-state index contributed by atoms with van der Waals surface area (Å²) in [7, 11) is 1.76. The van der Waals surface area contributed by atoms with Gasteiger partial charge in [0.15, 0.2) is 0 Å². The molecule has 3 unspecified atom stereocenters. The Morgan fingerprint density at radius 1 is 1.08 bits per heavy atom. The van der Waals surface area contributed by atoms with Gasteiger partial charge in [0.25, 0.3) is 0 Å². The van der Waals surface area contributed by atoms with Crippen molar-refractivity contribution >= 4 is 15.9 Å². The number of allylic oxidation sites excluding steroid dienone is 2. The Kier molecular flexibility index (Phi) is 4.98. The number of halogens is 1. The molecule has 1 saturated heterocycles. The number of rotatable bonds is 5. The average molecular weight is 391 g/mol. The molecule has 0 aromatic heterocycles. The highest BCUT2D eigenvalue weighted by molar-refractivity contribution is 9.10. The van der Waals surface area contributed by atoms with Crippen LogP contribution in [0.3, 0.4) is 0 Å². The zero-order valence-electron chi connectivity index (χ0n) is 14.5. The minimum Gasteiger partial charge on any atom is -0.496 e. The standard InChI is InChI=1S/C20H27BrN2O/c1-24-20-5-4-19(21)12-18(20)14-23-8-6-22(7-9-23)13-17-11-15-2-3-16(17)10-15/h2-5,12,15-17H,6-11,13-14H2,1H3. The lowest BCUT2D eigenvalue weighted by molar-refractivity contribution is 0.108. The number of nitrogens with zero attached hydrogens (tertiary/aromatic N) is 2. The van der Waals surface area contributed by atoms with E-state index in [0.29, 0.717) is 0 Å². The number of hydrogen-bond acceptors (Lipinski definition) is 3. The summed E-state index contributed by atoms with van der Waals surface area (Å²) < 4.78 is 6.64. The van der Waals surface area contributed by atoms with Gasteiger partial charge < -0.3 is 9.64 Å². The normalized spacial score (nSPS) is 30.2. The van der Waals surface area contributed by atoms with Gasteiger partial charge in [-0.15, -0.1) is 0 Å². The van der Waals surface area contributed by atoms with Crippen LogP contribution in [-0.2, 0) is 6.54 Å². The van der Waals surface area contributed by atoms with Gasteiger partial charge in [-0.1, -0.05) is 28.1 Å². The fourth-order valence-electron chi connectivity index (χ4n) is 4.68. The maximum absolute atomic E-state index is 5.52. The van der Waals surface area contributed by atoms with Gasteiger partial charge in [-0.05, 0) is 48.8 Å². The number of ether oxygens (including phenoxy) is 1. The second kappa shape index (κ2) is 7.19. The van der Waals surface area contributed by atoms with E-state index in [0.717, 1.165) is 47.6 Å². The summed E-state index contributed by atoms with van der Waals surface area (Å²) in [6.07, 6.45) is 7.78. The molecule has 2 bridgehead atoms. The molecule has 4 heteroatoms. The van der Waals surface area contributed by atoms with E-state index >= 15 is 0 Å². The van der Waals surface area contributed by atoms with Gasteiger partial charge in [0, 0.05) is 49.3 Å². The summed E-state index contributed by atoms with van der Waals surface area (Å²) in [6, 6.07) is 6.29. The lowest BCUT2D eigenvalue weighted by Crippen LogP contribution is -2.47. The Morgan fingerprint density at radius 3 is 2.54 bits per heavy atom. The third-order valence-electron chi connectivity index (χ3n) is 6.01. The molecule has 2 fully saturated rings. The first-order valence-electron chi connectivity index (χ1n) is 9.16. The van der Waals surface area contributed by atoms with Crippen molar-refractivity contribution in [2.75, 3.05) is 39.8 Å². The first-order valence-corrected chi connectivity index (χ1v) is 9.96. The van der Waals surface area contributed by atoms with E-state index in [4.69, 9.17) is 4.74 Å². The second-order valence-electron chi connectivity index (χ2n) is 7.57. The SMILES string of the molecule is COc1ccc(Br)cc1CN1CCN(CC2CC3C=CC2C3)CC1. The maximum Gasteiger partial charge on any atom is 0.123 e. The summed E-state index contributed by atoms with van der Waals surface area (Å²) in [4.78, 5) is 5.25. The number of methoxy groups -OCH3 is 1. The highest BCUT2D eigenvalue weighted by Gasteiger charge is 2.36. The fraction of sp³-hybridized carbons (Fsp3) is 0.600. The predicted molar refractivity (Wildman–Crippen MR) is 101 cm³/mol. The van der Waals surface area contributed by atoms with Crippen molar-refractivity contribution in [3.63, 3.8) is 0 Å². The largest absolute Gasteiger partial charge is 0.496 e. The van der Waals surface area contributed by atoms with Crippen molar-refractivity contribution < 1.29 is 4.74 Å². The molecule has 0 radical (unpaired) electrons. The third kappa shape index (κ3) is 3.56. The summed E-state index contributed by atoms with van der Waals surface area (Å²) in [5, 5.41) is 0. The molecule has 24 heavy (non-hydrogen) atoms. The molecule has 1 aromatic carbocycles. The Morgan fingerprint density at radius 2 is 1.88 bits per heavy atom. The van der Waals surface area contributed by atoms with E-state index in [9.17, 15) is 0 Å². The lowest BCUT2D eigenvalue weighted by atomic mass is 9.93. The highest BCUT2D eigenvalue weighted by Crippen LogP contribution is 2.43. The molecule has 3 atom stereocenters. The second-order valence-corrected chi connectivity index (χ2v) is 8.49. The summed E-state index contributed by atoms with van der Waals surface area (Å²) >= 11 is 3.58. The van der Waals surface area contributed by atoms with Crippen LogP contribution < -0.4 is 4.74 Å². The number of hydrogen-bond donors (Lipinski definition) is 0. The molecular formula is C20H27BrN2O. The van der Waals surface area contributed by atoms with Crippen molar-refractivity contribution in [1.29, 1.82) is 0 Å². The molecule has 1 aromatic rings. The number of piperazine rings is 1. The van der Waals surface area contributed by atoms with Crippen molar-refractivity contribution in [3.05, 3.63) is 40.4 Å². The van der Waals surface area contributed by atoms with Crippen LogP contribution in [0.4, 0.5) is 0 Å². The molecule has 2 aliphatic carbocycles. The Bertz CT molecular complexity index is 610. The Labute approximate surface area is 153 Å². The van der Waals surface area contributed by atoms with Gasteiger partial charge in [0.2, 0.25) is 0 Å². The van der Waals surface area contributed by atoms with Gasteiger partial charge in [-0.2, -0.15) is 0 Å². The van der Waals surface area contributed by atoms with Crippen LogP contribution >= 0.6 is 15.9 Å². The van der Waals surface area contributed by atoms with E-state index in [2.05, 4.69) is 50.0 Å². The van der Waals surface area contributed by atoms with Gasteiger partial charge in [0.1, 0.15) is 5.75 Å². The number of benzene rings is 1.